The fraction of sp³-hybridized carbons (Fsp3) is 0.909. The van der Waals surface area contributed by atoms with Crippen LogP contribution in [0.1, 0.15) is 40.5 Å². The van der Waals surface area contributed by atoms with E-state index in [1.807, 2.05) is 18.7 Å². The highest BCUT2D eigenvalue weighted by molar-refractivity contribution is 5.68. The van der Waals surface area contributed by atoms with E-state index < -0.39 is 0 Å². The summed E-state index contributed by atoms with van der Waals surface area (Å²) in [6, 6.07) is 0.324. The molecule has 3 heteroatoms. The molecule has 1 fully saturated rings. The normalized spacial score (nSPS) is 27.9. The van der Waals surface area contributed by atoms with Gasteiger partial charge >= 0.3 is 6.09 Å². The number of piperidine rings is 1. The van der Waals surface area contributed by atoms with Crippen molar-refractivity contribution in [2.24, 2.45) is 5.92 Å². The van der Waals surface area contributed by atoms with Gasteiger partial charge < -0.3 is 9.64 Å². The van der Waals surface area contributed by atoms with E-state index in [4.69, 9.17) is 4.74 Å². The first-order valence-corrected chi connectivity index (χ1v) is 5.48. The second kappa shape index (κ2) is 4.67. The summed E-state index contributed by atoms with van der Waals surface area (Å²) >= 11 is 0. The SMILES string of the molecule is CC1CCN(C(=O)OC(C)C)C(C)C1. The number of nitrogens with zero attached hydrogens (tertiary/aromatic N) is 1. The van der Waals surface area contributed by atoms with Crippen molar-refractivity contribution < 1.29 is 9.53 Å². The lowest BCUT2D eigenvalue weighted by Crippen LogP contribution is -2.45. The molecular formula is C11H21NO2. The van der Waals surface area contributed by atoms with Crippen molar-refractivity contribution in [3.05, 3.63) is 0 Å². The Morgan fingerprint density at radius 2 is 2.07 bits per heavy atom. The van der Waals surface area contributed by atoms with Crippen LogP contribution in [0.2, 0.25) is 0 Å². The van der Waals surface area contributed by atoms with E-state index in [2.05, 4.69) is 13.8 Å². The third-order valence-electron chi connectivity index (χ3n) is 2.71. The van der Waals surface area contributed by atoms with Crippen molar-refractivity contribution >= 4 is 6.09 Å². The van der Waals surface area contributed by atoms with Crippen LogP contribution >= 0.6 is 0 Å². The average molecular weight is 199 g/mol. The van der Waals surface area contributed by atoms with Crippen LogP contribution in [0.25, 0.3) is 0 Å². The maximum absolute atomic E-state index is 11.6. The van der Waals surface area contributed by atoms with Crippen molar-refractivity contribution in [1.82, 2.24) is 4.90 Å². The molecule has 82 valence electrons. The lowest BCUT2D eigenvalue weighted by atomic mass is 9.94. The fourth-order valence-corrected chi connectivity index (χ4v) is 1.95. The quantitative estimate of drug-likeness (QED) is 0.649. The molecule has 3 nitrogen and oxygen atoms in total. The highest BCUT2D eigenvalue weighted by Gasteiger charge is 2.27. The lowest BCUT2D eigenvalue weighted by molar-refractivity contribution is 0.0493. The maximum atomic E-state index is 11.6. The van der Waals surface area contributed by atoms with Gasteiger partial charge in [-0.1, -0.05) is 6.92 Å². The molecule has 0 aromatic carbocycles. The zero-order chi connectivity index (χ0) is 10.7. The summed E-state index contributed by atoms with van der Waals surface area (Å²) in [5.74, 6) is 0.730. The van der Waals surface area contributed by atoms with Crippen molar-refractivity contribution in [2.75, 3.05) is 6.54 Å². The van der Waals surface area contributed by atoms with Gasteiger partial charge in [0.05, 0.1) is 6.10 Å². The molecule has 1 aliphatic heterocycles. The molecule has 0 aromatic heterocycles. The Morgan fingerprint density at radius 3 is 2.57 bits per heavy atom. The molecule has 0 N–H and O–H groups in total. The Kier molecular flexibility index (Phi) is 3.78. The Balaban J connectivity index is 2.47. The number of hydrogen-bond donors (Lipinski definition) is 0. The first kappa shape index (κ1) is 11.3. The molecule has 1 amide bonds. The van der Waals surface area contributed by atoms with Crippen LogP contribution in [-0.2, 0) is 4.74 Å². The van der Waals surface area contributed by atoms with E-state index in [1.54, 1.807) is 0 Å². The van der Waals surface area contributed by atoms with Crippen LogP contribution in [0, 0.1) is 5.92 Å². The third kappa shape index (κ3) is 2.89. The van der Waals surface area contributed by atoms with Gasteiger partial charge in [-0.25, -0.2) is 4.79 Å². The molecule has 0 bridgehead atoms. The number of carbonyl (C=O) groups is 1. The molecule has 2 atom stereocenters. The number of ether oxygens (including phenoxy) is 1. The first-order chi connectivity index (χ1) is 6.50. The third-order valence-corrected chi connectivity index (χ3v) is 2.71. The van der Waals surface area contributed by atoms with Crippen molar-refractivity contribution in [3.8, 4) is 0 Å². The van der Waals surface area contributed by atoms with Crippen LogP contribution < -0.4 is 0 Å². The minimum atomic E-state index is -0.153. The van der Waals surface area contributed by atoms with Crippen molar-refractivity contribution in [3.63, 3.8) is 0 Å². The summed E-state index contributed by atoms with van der Waals surface area (Å²) in [6.07, 6.45) is 2.01. The molecule has 0 saturated carbocycles. The van der Waals surface area contributed by atoms with E-state index in [1.165, 1.54) is 0 Å². The van der Waals surface area contributed by atoms with Gasteiger partial charge in [0.1, 0.15) is 0 Å². The minimum absolute atomic E-state index is 0.0194. The molecule has 0 aromatic rings. The molecular weight excluding hydrogens is 178 g/mol. The van der Waals surface area contributed by atoms with Gasteiger partial charge in [0, 0.05) is 12.6 Å². The average Bonchev–Trinajstić information content (AvgIpc) is 2.01. The smallest absolute Gasteiger partial charge is 0.410 e. The first-order valence-electron chi connectivity index (χ1n) is 5.48. The predicted octanol–water partition coefficient (Wildman–Crippen LogP) is 2.65. The van der Waals surface area contributed by atoms with Crippen LogP contribution in [0.5, 0.6) is 0 Å². The van der Waals surface area contributed by atoms with Gasteiger partial charge in [-0.2, -0.15) is 0 Å². The number of likely N-dealkylation sites (tertiary alicyclic amines) is 1. The van der Waals surface area contributed by atoms with Gasteiger partial charge in [-0.05, 0) is 39.5 Å². The van der Waals surface area contributed by atoms with E-state index in [0.717, 1.165) is 25.3 Å². The van der Waals surface area contributed by atoms with Gasteiger partial charge in [0.15, 0.2) is 0 Å². The molecule has 0 spiro atoms. The predicted molar refractivity (Wildman–Crippen MR) is 56.2 cm³/mol. The van der Waals surface area contributed by atoms with E-state index in [-0.39, 0.29) is 12.2 Å². The molecule has 1 heterocycles. The summed E-state index contributed by atoms with van der Waals surface area (Å²) in [5, 5.41) is 0. The number of hydrogen-bond acceptors (Lipinski definition) is 2. The van der Waals surface area contributed by atoms with Gasteiger partial charge in [0.2, 0.25) is 0 Å². The van der Waals surface area contributed by atoms with Gasteiger partial charge in [-0.3, -0.25) is 0 Å². The molecule has 1 rings (SSSR count). The second-order valence-corrected chi connectivity index (χ2v) is 4.60. The summed E-state index contributed by atoms with van der Waals surface area (Å²) in [4.78, 5) is 13.5. The molecule has 1 aliphatic rings. The maximum Gasteiger partial charge on any atom is 0.410 e. The zero-order valence-electron chi connectivity index (χ0n) is 9.62. The van der Waals surface area contributed by atoms with Crippen LogP contribution in [0.3, 0.4) is 0 Å². The Hall–Kier alpha value is -0.730. The molecule has 2 unspecified atom stereocenters. The minimum Gasteiger partial charge on any atom is -0.447 e. The highest BCUT2D eigenvalue weighted by Crippen LogP contribution is 2.22. The number of amides is 1. The summed E-state index contributed by atoms with van der Waals surface area (Å²) in [6.45, 7) is 8.94. The van der Waals surface area contributed by atoms with E-state index in [9.17, 15) is 4.79 Å². The fourth-order valence-electron chi connectivity index (χ4n) is 1.95. The topological polar surface area (TPSA) is 29.5 Å². The standard InChI is InChI=1S/C11H21NO2/c1-8(2)14-11(13)12-6-5-9(3)7-10(12)4/h8-10H,5-7H2,1-4H3. The largest absolute Gasteiger partial charge is 0.447 e. The van der Waals surface area contributed by atoms with Gasteiger partial charge in [-0.15, -0.1) is 0 Å². The van der Waals surface area contributed by atoms with Crippen molar-refractivity contribution in [2.45, 2.75) is 52.7 Å². The number of carbonyl (C=O) groups excluding carboxylic acids is 1. The monoisotopic (exact) mass is 199 g/mol. The summed E-state index contributed by atoms with van der Waals surface area (Å²) in [5.41, 5.74) is 0. The molecule has 0 radical (unpaired) electrons. The molecule has 0 aliphatic carbocycles. The van der Waals surface area contributed by atoms with E-state index in [0.29, 0.717) is 6.04 Å². The summed E-state index contributed by atoms with van der Waals surface area (Å²) in [7, 11) is 0. The second-order valence-electron chi connectivity index (χ2n) is 4.60. The van der Waals surface area contributed by atoms with Gasteiger partial charge in [0.25, 0.3) is 0 Å². The summed E-state index contributed by atoms with van der Waals surface area (Å²) < 4.78 is 5.18. The number of rotatable bonds is 1. The lowest BCUT2D eigenvalue weighted by Gasteiger charge is -2.36. The van der Waals surface area contributed by atoms with Crippen LogP contribution in [0.15, 0.2) is 0 Å². The van der Waals surface area contributed by atoms with Crippen LogP contribution in [0.4, 0.5) is 4.79 Å². The Morgan fingerprint density at radius 1 is 1.43 bits per heavy atom. The molecule has 1 saturated heterocycles. The van der Waals surface area contributed by atoms with Crippen LogP contribution in [-0.4, -0.2) is 29.7 Å². The highest BCUT2D eigenvalue weighted by atomic mass is 16.6. The van der Waals surface area contributed by atoms with Crippen molar-refractivity contribution in [1.29, 1.82) is 0 Å². The Labute approximate surface area is 86.4 Å². The zero-order valence-corrected chi connectivity index (χ0v) is 9.62. The Bertz CT molecular complexity index is 203. The molecule has 14 heavy (non-hydrogen) atoms. The van der Waals surface area contributed by atoms with E-state index >= 15 is 0 Å².